The van der Waals surface area contributed by atoms with Gasteiger partial charge < -0.3 is 9.67 Å². The molecule has 1 aromatic heterocycles. The minimum Gasteiger partial charge on any atom is -0.504 e. The molecule has 204 valence electrons. The summed E-state index contributed by atoms with van der Waals surface area (Å²) in [5.74, 6) is 2.14. The molecular formula is C33H39N3O3. The average Bonchev–Trinajstić information content (AvgIpc) is 3.55. The maximum Gasteiger partial charge on any atom is 0.197 e. The first kappa shape index (κ1) is 26.0. The van der Waals surface area contributed by atoms with Crippen molar-refractivity contribution in [1.29, 1.82) is 5.26 Å². The molecule has 2 aromatic rings. The van der Waals surface area contributed by atoms with Crippen LogP contribution in [-0.4, -0.2) is 26.2 Å². The number of aliphatic hydroxyl groups is 1. The number of hydrogen-bond acceptors (Lipinski definition) is 5. The van der Waals surface area contributed by atoms with E-state index in [0.29, 0.717) is 36.0 Å². The van der Waals surface area contributed by atoms with Crippen LogP contribution in [0.15, 0.2) is 48.1 Å². The van der Waals surface area contributed by atoms with Crippen LogP contribution >= 0.6 is 0 Å². The second-order valence-corrected chi connectivity index (χ2v) is 12.9. The lowest BCUT2D eigenvalue weighted by atomic mass is 9.47. The van der Waals surface area contributed by atoms with Crippen molar-refractivity contribution in [2.45, 2.75) is 90.5 Å². The highest BCUT2D eigenvalue weighted by Gasteiger charge is 2.59. The summed E-state index contributed by atoms with van der Waals surface area (Å²) in [4.78, 5) is 28.5. The van der Waals surface area contributed by atoms with Gasteiger partial charge in [-0.05, 0) is 104 Å². The summed E-state index contributed by atoms with van der Waals surface area (Å²) in [5.41, 5.74) is 4.21. The largest absolute Gasteiger partial charge is 0.504 e. The third-order valence-corrected chi connectivity index (χ3v) is 11.2. The van der Waals surface area contributed by atoms with E-state index in [9.17, 15) is 14.7 Å². The Hall–Kier alpha value is -3.20. The van der Waals surface area contributed by atoms with Crippen molar-refractivity contribution >= 4 is 11.6 Å². The first-order valence-electron chi connectivity index (χ1n) is 14.8. The number of aliphatic hydroxyl groups excluding tert-OH is 1. The van der Waals surface area contributed by atoms with Crippen molar-refractivity contribution in [3.63, 3.8) is 0 Å². The summed E-state index contributed by atoms with van der Waals surface area (Å²) in [6, 6.07) is 10.4. The van der Waals surface area contributed by atoms with Crippen LogP contribution in [0.3, 0.4) is 0 Å². The summed E-state index contributed by atoms with van der Waals surface area (Å²) in [6.07, 6.45) is 14.5. The highest BCUT2D eigenvalue weighted by atomic mass is 16.3. The fourth-order valence-electron chi connectivity index (χ4n) is 8.99. The Morgan fingerprint density at radius 3 is 2.49 bits per heavy atom. The second kappa shape index (κ2) is 9.77. The zero-order valence-electron chi connectivity index (χ0n) is 23.2. The smallest absolute Gasteiger partial charge is 0.197 e. The molecule has 1 N–H and O–H groups in total. The predicted octanol–water partition coefficient (Wildman–Crippen LogP) is 6.65. The first-order chi connectivity index (χ1) is 18.8. The van der Waals surface area contributed by atoms with Crippen LogP contribution in [0.4, 0.5) is 0 Å². The maximum atomic E-state index is 12.4. The SMILES string of the molecule is C[C@]12CCC(=O)C(O)=C1CC[C@@H]1[C@@H]2CC[C@]2(C)C(=O)CC[C@@H]12.N#Cc1ccc(C2CCCc3cncn32)cc1. The zero-order chi connectivity index (χ0) is 27.4. The van der Waals surface area contributed by atoms with Gasteiger partial charge in [-0.2, -0.15) is 5.26 Å². The van der Waals surface area contributed by atoms with Crippen LogP contribution in [0, 0.1) is 39.9 Å². The summed E-state index contributed by atoms with van der Waals surface area (Å²) in [5, 5.41) is 19.1. The summed E-state index contributed by atoms with van der Waals surface area (Å²) < 4.78 is 2.25. The van der Waals surface area contributed by atoms with Crippen LogP contribution in [0.1, 0.15) is 101 Å². The molecule has 0 bridgehead atoms. The van der Waals surface area contributed by atoms with Gasteiger partial charge in [0.05, 0.1) is 24.0 Å². The average molecular weight is 526 g/mol. The van der Waals surface area contributed by atoms with Gasteiger partial charge in [0.25, 0.3) is 0 Å². The molecule has 6 heteroatoms. The van der Waals surface area contributed by atoms with Gasteiger partial charge in [0.15, 0.2) is 11.5 Å². The molecule has 1 aliphatic heterocycles. The molecule has 1 unspecified atom stereocenters. The number of benzene rings is 1. The zero-order valence-corrected chi connectivity index (χ0v) is 23.2. The monoisotopic (exact) mass is 525 g/mol. The Morgan fingerprint density at radius 1 is 0.949 bits per heavy atom. The third-order valence-electron chi connectivity index (χ3n) is 11.2. The highest BCUT2D eigenvalue weighted by Crippen LogP contribution is 2.64. The van der Waals surface area contributed by atoms with Gasteiger partial charge in [-0.3, -0.25) is 9.59 Å². The molecule has 6 nitrogen and oxygen atoms in total. The Balaban J connectivity index is 0.000000147. The Labute approximate surface area is 231 Å². The topological polar surface area (TPSA) is 96.0 Å². The van der Waals surface area contributed by atoms with E-state index in [1.807, 2.05) is 24.7 Å². The molecule has 3 fully saturated rings. The number of imidazole rings is 1. The summed E-state index contributed by atoms with van der Waals surface area (Å²) in [6.45, 7) is 4.46. The molecule has 6 atom stereocenters. The second-order valence-electron chi connectivity index (χ2n) is 12.9. The Bertz CT molecular complexity index is 1370. The lowest BCUT2D eigenvalue weighted by Crippen LogP contribution is -2.51. The minimum atomic E-state index is -0.0920. The number of hydrogen-bond donors (Lipinski definition) is 1. The number of aryl methyl sites for hydroxylation is 1. The van der Waals surface area contributed by atoms with Crippen LogP contribution < -0.4 is 0 Å². The number of carbonyl (C=O) groups is 2. The number of ketones is 2. The van der Waals surface area contributed by atoms with Crippen molar-refractivity contribution in [1.82, 2.24) is 9.55 Å². The lowest BCUT2D eigenvalue weighted by Gasteiger charge is -2.56. The van der Waals surface area contributed by atoms with E-state index in [4.69, 9.17) is 5.26 Å². The van der Waals surface area contributed by atoms with Crippen molar-refractivity contribution in [2.75, 3.05) is 0 Å². The van der Waals surface area contributed by atoms with E-state index < -0.39 is 0 Å². The van der Waals surface area contributed by atoms with Gasteiger partial charge in [0, 0.05) is 30.1 Å². The summed E-state index contributed by atoms with van der Waals surface area (Å²) >= 11 is 0. The van der Waals surface area contributed by atoms with Crippen molar-refractivity contribution < 1.29 is 14.7 Å². The number of Topliss-reactive ketones (excluding diaryl/α,β-unsaturated/α-hetero) is 2. The normalized spacial score (nSPS) is 35.1. The van der Waals surface area contributed by atoms with Gasteiger partial charge in [0.2, 0.25) is 0 Å². The number of aromatic nitrogens is 2. The van der Waals surface area contributed by atoms with Crippen molar-refractivity contribution in [3.8, 4) is 6.07 Å². The number of nitriles is 1. The highest BCUT2D eigenvalue weighted by molar-refractivity contribution is 5.95. The molecule has 39 heavy (non-hydrogen) atoms. The van der Waals surface area contributed by atoms with E-state index in [-0.39, 0.29) is 22.4 Å². The van der Waals surface area contributed by atoms with Crippen molar-refractivity contribution in [3.05, 3.63) is 64.9 Å². The molecule has 2 heterocycles. The lowest BCUT2D eigenvalue weighted by molar-refractivity contribution is -0.133. The quantitative estimate of drug-likeness (QED) is 0.449. The Kier molecular flexibility index (Phi) is 6.52. The van der Waals surface area contributed by atoms with Crippen LogP contribution in [0.25, 0.3) is 0 Å². The minimum absolute atomic E-state index is 0.0200. The van der Waals surface area contributed by atoms with Gasteiger partial charge in [0.1, 0.15) is 5.78 Å². The molecule has 1 aromatic carbocycles. The molecular weight excluding hydrogens is 486 g/mol. The first-order valence-corrected chi connectivity index (χ1v) is 14.8. The molecule has 0 radical (unpaired) electrons. The van der Waals surface area contributed by atoms with Gasteiger partial charge in [-0.25, -0.2) is 4.98 Å². The number of carbonyl (C=O) groups excluding carboxylic acids is 2. The van der Waals surface area contributed by atoms with E-state index in [0.717, 1.165) is 68.9 Å². The van der Waals surface area contributed by atoms with Gasteiger partial charge >= 0.3 is 0 Å². The fraction of sp³-hybridized carbons (Fsp3) is 0.576. The van der Waals surface area contributed by atoms with Gasteiger partial charge in [-0.15, -0.1) is 0 Å². The van der Waals surface area contributed by atoms with Gasteiger partial charge in [-0.1, -0.05) is 26.0 Å². The standard InChI is InChI=1S/C19H26O3.C14H13N3/c1-18-10-8-15(20)17(22)14(18)4-3-11-12-5-6-16(21)19(12,2)9-7-13(11)18;15-8-11-4-6-12(7-5-11)14-3-1-2-13-9-16-10-17(13)14/h11-13,22H,3-10H2,1-2H3;4-7,9-10,14H,1-3H2/t11-,12-,13-,18+,19-;/m0./s1. The maximum absolute atomic E-state index is 12.4. The van der Waals surface area contributed by atoms with E-state index in [2.05, 4.69) is 41.6 Å². The number of nitrogens with zero attached hydrogens (tertiary/aromatic N) is 3. The van der Waals surface area contributed by atoms with E-state index >= 15 is 0 Å². The van der Waals surface area contributed by atoms with E-state index in [1.54, 1.807) is 0 Å². The molecule has 7 rings (SSSR count). The van der Waals surface area contributed by atoms with Crippen LogP contribution in [0.2, 0.25) is 0 Å². The summed E-state index contributed by atoms with van der Waals surface area (Å²) in [7, 11) is 0. The number of allylic oxidation sites excluding steroid dienone is 1. The van der Waals surface area contributed by atoms with Crippen molar-refractivity contribution in [2.24, 2.45) is 28.6 Å². The molecule has 4 aliphatic carbocycles. The molecule has 0 saturated heterocycles. The number of rotatable bonds is 1. The molecule has 3 saturated carbocycles. The number of fused-ring (bicyclic) bond motifs is 6. The molecule has 0 spiro atoms. The Morgan fingerprint density at radius 2 is 1.72 bits per heavy atom. The predicted molar refractivity (Wildman–Crippen MR) is 148 cm³/mol. The van der Waals surface area contributed by atoms with Crippen LogP contribution in [0.5, 0.6) is 0 Å². The van der Waals surface area contributed by atoms with E-state index in [1.165, 1.54) is 17.7 Å². The van der Waals surface area contributed by atoms with Crippen LogP contribution in [-0.2, 0) is 16.0 Å². The fourth-order valence-corrected chi connectivity index (χ4v) is 8.99. The molecule has 0 amide bonds. The molecule has 5 aliphatic rings. The third kappa shape index (κ3) is 4.17.